The third-order valence-electron chi connectivity index (χ3n) is 2.79. The molecule has 0 heterocycles. The second kappa shape index (κ2) is 6.38. The maximum absolute atomic E-state index is 11.0. The molecule has 2 aromatic carbocycles. The number of nitroso groups, excluding NO2 is 1. The van der Waals surface area contributed by atoms with Crippen molar-refractivity contribution in [1.29, 1.82) is 0 Å². The molecule has 0 aliphatic carbocycles. The van der Waals surface area contributed by atoms with Crippen molar-refractivity contribution in [1.82, 2.24) is 0 Å². The zero-order chi connectivity index (χ0) is 13.8. The highest BCUT2D eigenvalue weighted by atomic mass is 35.5. The van der Waals surface area contributed by atoms with Crippen molar-refractivity contribution in [2.75, 3.05) is 0 Å². The Bertz CT molecular complexity index is 584. The summed E-state index contributed by atoms with van der Waals surface area (Å²) in [5.41, 5.74) is 1.65. The lowest BCUT2D eigenvalue weighted by atomic mass is 10.00. The predicted molar refractivity (Wildman–Crippen MR) is 80.2 cm³/mol. The van der Waals surface area contributed by atoms with Gasteiger partial charge in [-0.25, -0.2) is 0 Å². The van der Waals surface area contributed by atoms with Gasteiger partial charge in [0, 0.05) is 21.5 Å². The number of halogens is 3. The summed E-state index contributed by atoms with van der Waals surface area (Å²) in [6.07, 6.45) is 0.474. The molecule has 0 aromatic heterocycles. The zero-order valence-electron chi connectivity index (χ0n) is 9.82. The van der Waals surface area contributed by atoms with Crippen LogP contribution < -0.4 is 0 Å². The van der Waals surface area contributed by atoms with E-state index in [1.165, 1.54) is 0 Å². The predicted octanol–water partition coefficient (Wildman–Crippen LogP) is 5.70. The number of rotatable bonds is 4. The Morgan fingerprint density at radius 1 is 0.947 bits per heavy atom. The van der Waals surface area contributed by atoms with Gasteiger partial charge in [-0.3, -0.25) is 0 Å². The Labute approximate surface area is 126 Å². The molecule has 0 amide bonds. The fourth-order valence-corrected chi connectivity index (χ4v) is 2.48. The fourth-order valence-electron chi connectivity index (χ4n) is 1.82. The van der Waals surface area contributed by atoms with E-state index < -0.39 is 6.04 Å². The van der Waals surface area contributed by atoms with Crippen LogP contribution in [0.5, 0.6) is 0 Å². The Balaban J connectivity index is 2.25. The van der Waals surface area contributed by atoms with Crippen LogP contribution in [-0.4, -0.2) is 0 Å². The van der Waals surface area contributed by atoms with Crippen LogP contribution in [0.4, 0.5) is 0 Å². The van der Waals surface area contributed by atoms with Crippen LogP contribution in [0.25, 0.3) is 0 Å². The van der Waals surface area contributed by atoms with Crippen molar-refractivity contribution in [3.05, 3.63) is 73.6 Å². The smallest absolute Gasteiger partial charge is 0.122 e. The number of hydrogen-bond acceptors (Lipinski definition) is 2. The van der Waals surface area contributed by atoms with Gasteiger partial charge in [-0.1, -0.05) is 58.2 Å². The molecule has 0 radical (unpaired) electrons. The molecule has 0 saturated carbocycles. The molecule has 0 spiro atoms. The first-order valence-corrected chi connectivity index (χ1v) is 6.75. The molecule has 5 heteroatoms. The molecule has 0 N–H and O–H groups in total. The molecule has 0 saturated heterocycles. The van der Waals surface area contributed by atoms with E-state index in [4.69, 9.17) is 34.8 Å². The van der Waals surface area contributed by atoms with Gasteiger partial charge in [0.25, 0.3) is 0 Å². The van der Waals surface area contributed by atoms with Crippen LogP contribution in [0.3, 0.4) is 0 Å². The lowest BCUT2D eigenvalue weighted by Gasteiger charge is -2.11. The van der Waals surface area contributed by atoms with Crippen molar-refractivity contribution in [2.45, 2.75) is 12.5 Å². The normalized spacial score (nSPS) is 12.2. The second-order valence-corrected chi connectivity index (χ2v) is 5.40. The van der Waals surface area contributed by atoms with Crippen molar-refractivity contribution in [2.24, 2.45) is 5.18 Å². The summed E-state index contributed by atoms with van der Waals surface area (Å²) in [6.45, 7) is 0. The van der Waals surface area contributed by atoms with Crippen molar-refractivity contribution in [3.63, 3.8) is 0 Å². The van der Waals surface area contributed by atoms with E-state index in [1.807, 2.05) is 12.1 Å². The third kappa shape index (κ3) is 3.69. The second-order valence-electron chi connectivity index (χ2n) is 4.12. The number of nitrogens with zero attached hydrogens (tertiary/aromatic N) is 1. The first kappa shape index (κ1) is 14.3. The average Bonchev–Trinajstić information content (AvgIpc) is 2.39. The maximum Gasteiger partial charge on any atom is 0.122 e. The van der Waals surface area contributed by atoms with Crippen LogP contribution in [0.15, 0.2) is 47.6 Å². The molecule has 19 heavy (non-hydrogen) atoms. The average molecular weight is 315 g/mol. The van der Waals surface area contributed by atoms with Gasteiger partial charge in [0.05, 0.1) is 0 Å². The molecule has 0 aliphatic heterocycles. The van der Waals surface area contributed by atoms with Gasteiger partial charge < -0.3 is 0 Å². The summed E-state index contributed by atoms with van der Waals surface area (Å²) >= 11 is 17.7. The van der Waals surface area contributed by atoms with Gasteiger partial charge in [0.15, 0.2) is 0 Å². The Hall–Kier alpha value is -1.09. The minimum atomic E-state index is -0.536. The van der Waals surface area contributed by atoms with Gasteiger partial charge in [-0.05, 0) is 35.4 Å². The molecular formula is C14H10Cl3NO. The molecule has 2 aromatic rings. The molecule has 2 nitrogen and oxygen atoms in total. The summed E-state index contributed by atoms with van der Waals surface area (Å²) < 4.78 is 0. The van der Waals surface area contributed by atoms with Gasteiger partial charge in [-0.15, -0.1) is 0 Å². The minimum Gasteiger partial charge on any atom is -0.150 e. The Morgan fingerprint density at radius 3 is 2.16 bits per heavy atom. The van der Waals surface area contributed by atoms with Gasteiger partial charge in [0.2, 0.25) is 0 Å². The standard InChI is InChI=1S/C14H10Cl3NO/c15-10-3-1-9(2-4-10)7-14(18-19)12-6-5-11(16)8-13(12)17/h1-6,8,14H,7H2. The summed E-state index contributed by atoms with van der Waals surface area (Å²) in [6, 6.07) is 11.8. The van der Waals surface area contributed by atoms with E-state index in [-0.39, 0.29) is 0 Å². The van der Waals surface area contributed by atoms with Crippen molar-refractivity contribution < 1.29 is 0 Å². The molecular weight excluding hydrogens is 305 g/mol. The van der Waals surface area contributed by atoms with Crippen molar-refractivity contribution in [3.8, 4) is 0 Å². The monoisotopic (exact) mass is 313 g/mol. The van der Waals surface area contributed by atoms with E-state index in [0.29, 0.717) is 27.1 Å². The molecule has 0 fully saturated rings. The summed E-state index contributed by atoms with van der Waals surface area (Å²) in [5.74, 6) is 0. The quantitative estimate of drug-likeness (QED) is 0.666. The lowest BCUT2D eigenvalue weighted by molar-refractivity contribution is 0.718. The van der Waals surface area contributed by atoms with Crippen LogP contribution in [0.1, 0.15) is 17.2 Å². The maximum atomic E-state index is 11.0. The van der Waals surface area contributed by atoms with E-state index in [9.17, 15) is 4.91 Å². The van der Waals surface area contributed by atoms with E-state index in [2.05, 4.69) is 5.18 Å². The summed E-state index contributed by atoms with van der Waals surface area (Å²) in [7, 11) is 0. The number of benzene rings is 2. The molecule has 0 bridgehead atoms. The highest BCUT2D eigenvalue weighted by Gasteiger charge is 2.16. The Kier molecular flexibility index (Phi) is 4.81. The molecule has 1 atom stereocenters. The van der Waals surface area contributed by atoms with Crippen LogP contribution >= 0.6 is 34.8 Å². The highest BCUT2D eigenvalue weighted by Crippen LogP contribution is 2.30. The van der Waals surface area contributed by atoms with Gasteiger partial charge in [-0.2, -0.15) is 4.91 Å². The first-order chi connectivity index (χ1) is 9.10. The summed E-state index contributed by atoms with van der Waals surface area (Å²) in [5, 5.41) is 4.79. The van der Waals surface area contributed by atoms with Crippen LogP contribution in [0, 0.1) is 4.91 Å². The molecule has 1 unspecified atom stereocenters. The molecule has 98 valence electrons. The lowest BCUT2D eigenvalue weighted by Crippen LogP contribution is -2.00. The summed E-state index contributed by atoms with van der Waals surface area (Å²) in [4.78, 5) is 11.0. The van der Waals surface area contributed by atoms with Crippen LogP contribution in [0.2, 0.25) is 15.1 Å². The highest BCUT2D eigenvalue weighted by molar-refractivity contribution is 6.35. The van der Waals surface area contributed by atoms with Gasteiger partial charge >= 0.3 is 0 Å². The largest absolute Gasteiger partial charge is 0.150 e. The van der Waals surface area contributed by atoms with E-state index in [0.717, 1.165) is 5.56 Å². The molecule has 0 aliphatic rings. The van der Waals surface area contributed by atoms with Gasteiger partial charge in [0.1, 0.15) is 6.04 Å². The SMILES string of the molecule is O=NC(Cc1ccc(Cl)cc1)c1ccc(Cl)cc1Cl. The molecule has 2 rings (SSSR count). The minimum absolute atomic E-state index is 0.450. The fraction of sp³-hybridized carbons (Fsp3) is 0.143. The Morgan fingerprint density at radius 2 is 1.58 bits per heavy atom. The van der Waals surface area contributed by atoms with E-state index in [1.54, 1.807) is 30.3 Å². The first-order valence-electron chi connectivity index (χ1n) is 5.62. The van der Waals surface area contributed by atoms with E-state index >= 15 is 0 Å². The number of hydrogen-bond donors (Lipinski definition) is 0. The zero-order valence-corrected chi connectivity index (χ0v) is 12.1. The van der Waals surface area contributed by atoms with Crippen LogP contribution in [-0.2, 0) is 6.42 Å². The third-order valence-corrected chi connectivity index (χ3v) is 3.61. The van der Waals surface area contributed by atoms with Crippen molar-refractivity contribution >= 4 is 34.8 Å². The topological polar surface area (TPSA) is 29.4 Å².